The molecule has 0 amide bonds. The Labute approximate surface area is 101 Å². The van der Waals surface area contributed by atoms with Crippen molar-refractivity contribution in [3.63, 3.8) is 0 Å². The summed E-state index contributed by atoms with van der Waals surface area (Å²) in [5.74, 6) is 1.11. The van der Waals surface area contributed by atoms with E-state index in [1.54, 1.807) is 6.92 Å². The van der Waals surface area contributed by atoms with Crippen molar-refractivity contribution in [1.82, 2.24) is 0 Å². The quantitative estimate of drug-likeness (QED) is 0.381. The number of Topliss-reactive ketones (excluding diaryl/α,β-unsaturated/α-hetero) is 1. The van der Waals surface area contributed by atoms with Crippen LogP contribution in [0.25, 0.3) is 0 Å². The number of unbranched alkanes of at least 4 members (excludes halogenated alkanes) is 5. The molecule has 0 saturated heterocycles. The zero-order valence-corrected chi connectivity index (χ0v) is 11.3. The fraction of sp³-hybridized carbons (Fsp3) is 0.800. The first-order chi connectivity index (χ1) is 7.63. The summed E-state index contributed by atoms with van der Waals surface area (Å²) in [6.45, 7) is 6.22. The predicted molar refractivity (Wildman–Crippen MR) is 71.6 cm³/mol. The maximum atomic E-state index is 10.7. The van der Waals surface area contributed by atoms with Crippen LogP contribution >= 0.6 is 0 Å². The van der Waals surface area contributed by atoms with Gasteiger partial charge in [0.15, 0.2) is 0 Å². The van der Waals surface area contributed by atoms with Gasteiger partial charge < -0.3 is 0 Å². The molecule has 0 radical (unpaired) electrons. The van der Waals surface area contributed by atoms with Crippen molar-refractivity contribution in [2.75, 3.05) is 0 Å². The third-order valence-electron chi connectivity index (χ3n) is 2.72. The monoisotopic (exact) mass is 224 g/mol. The molecule has 0 rings (SSSR count). The van der Waals surface area contributed by atoms with Gasteiger partial charge in [0.2, 0.25) is 0 Å². The molecule has 0 spiro atoms. The molecule has 0 heterocycles. The Morgan fingerprint density at radius 2 is 1.62 bits per heavy atom. The molecule has 1 heteroatoms. The van der Waals surface area contributed by atoms with Crippen LogP contribution in [-0.2, 0) is 4.79 Å². The Balaban J connectivity index is 3.09. The molecule has 0 saturated carbocycles. The SMILES string of the molecule is CC(=O)C/C=C\CCCCCCCC(C)C. The molecule has 0 bridgehead atoms. The minimum Gasteiger partial charge on any atom is -0.300 e. The van der Waals surface area contributed by atoms with E-state index >= 15 is 0 Å². The summed E-state index contributed by atoms with van der Waals surface area (Å²) in [4.78, 5) is 10.7. The van der Waals surface area contributed by atoms with Crippen molar-refractivity contribution < 1.29 is 4.79 Å². The fourth-order valence-electron chi connectivity index (χ4n) is 1.71. The van der Waals surface area contributed by atoms with Gasteiger partial charge >= 0.3 is 0 Å². The summed E-state index contributed by atoms with van der Waals surface area (Å²) in [5.41, 5.74) is 0. The Hall–Kier alpha value is -0.590. The van der Waals surface area contributed by atoms with Crippen LogP contribution in [0.5, 0.6) is 0 Å². The van der Waals surface area contributed by atoms with Gasteiger partial charge in [-0.15, -0.1) is 0 Å². The lowest BCUT2D eigenvalue weighted by Crippen LogP contribution is -1.87. The van der Waals surface area contributed by atoms with Gasteiger partial charge in [0.05, 0.1) is 0 Å². The van der Waals surface area contributed by atoms with Crippen molar-refractivity contribution in [3.8, 4) is 0 Å². The first-order valence-electron chi connectivity index (χ1n) is 6.77. The number of hydrogen-bond acceptors (Lipinski definition) is 1. The minimum absolute atomic E-state index is 0.255. The average Bonchev–Trinajstić information content (AvgIpc) is 2.20. The van der Waals surface area contributed by atoms with Crippen LogP contribution in [0.1, 0.15) is 72.1 Å². The van der Waals surface area contributed by atoms with E-state index in [4.69, 9.17) is 0 Å². The second kappa shape index (κ2) is 10.9. The molecule has 0 atom stereocenters. The highest BCUT2D eigenvalue weighted by atomic mass is 16.1. The van der Waals surface area contributed by atoms with E-state index in [1.165, 1.54) is 38.5 Å². The minimum atomic E-state index is 0.255. The number of allylic oxidation sites excluding steroid dienone is 2. The van der Waals surface area contributed by atoms with E-state index < -0.39 is 0 Å². The molecule has 0 aromatic rings. The molecule has 0 unspecified atom stereocenters. The van der Waals surface area contributed by atoms with Crippen molar-refractivity contribution >= 4 is 5.78 Å². The molecule has 0 fully saturated rings. The predicted octanol–water partition coefficient (Wildman–Crippen LogP) is 4.91. The van der Waals surface area contributed by atoms with Crippen LogP contribution in [0.15, 0.2) is 12.2 Å². The highest BCUT2D eigenvalue weighted by molar-refractivity contribution is 5.76. The Morgan fingerprint density at radius 1 is 1.00 bits per heavy atom. The average molecular weight is 224 g/mol. The molecular weight excluding hydrogens is 196 g/mol. The largest absolute Gasteiger partial charge is 0.300 e. The number of carbonyl (C=O) groups excluding carboxylic acids is 1. The van der Waals surface area contributed by atoms with E-state index in [2.05, 4.69) is 19.9 Å². The molecule has 0 aliphatic rings. The first-order valence-corrected chi connectivity index (χ1v) is 6.77. The Kier molecular flexibility index (Phi) is 10.5. The molecule has 0 aliphatic heterocycles. The highest BCUT2D eigenvalue weighted by Crippen LogP contribution is 2.11. The van der Waals surface area contributed by atoms with Gasteiger partial charge in [0.25, 0.3) is 0 Å². The van der Waals surface area contributed by atoms with E-state index in [0.717, 1.165) is 12.3 Å². The van der Waals surface area contributed by atoms with Crippen molar-refractivity contribution in [2.24, 2.45) is 5.92 Å². The third kappa shape index (κ3) is 13.4. The molecule has 0 N–H and O–H groups in total. The number of carbonyl (C=O) groups is 1. The lowest BCUT2D eigenvalue weighted by atomic mass is 10.0. The first kappa shape index (κ1) is 15.4. The van der Waals surface area contributed by atoms with E-state index in [9.17, 15) is 4.79 Å². The number of hydrogen-bond donors (Lipinski definition) is 0. The van der Waals surface area contributed by atoms with Gasteiger partial charge in [-0.25, -0.2) is 0 Å². The third-order valence-corrected chi connectivity index (χ3v) is 2.72. The van der Waals surface area contributed by atoms with Crippen LogP contribution in [-0.4, -0.2) is 5.78 Å². The van der Waals surface area contributed by atoms with Gasteiger partial charge in [-0.2, -0.15) is 0 Å². The standard InChI is InChI=1S/C15H28O/c1-14(2)12-10-8-6-4-5-7-9-11-13-15(3)16/h9,11,14H,4-8,10,12-13H2,1-3H3/b11-9-. The zero-order chi connectivity index (χ0) is 12.2. The maximum absolute atomic E-state index is 10.7. The fourth-order valence-corrected chi connectivity index (χ4v) is 1.71. The Bertz CT molecular complexity index is 192. The van der Waals surface area contributed by atoms with Crippen molar-refractivity contribution in [1.29, 1.82) is 0 Å². The van der Waals surface area contributed by atoms with Crippen LogP contribution in [0.4, 0.5) is 0 Å². The van der Waals surface area contributed by atoms with Crippen molar-refractivity contribution in [2.45, 2.75) is 72.1 Å². The Morgan fingerprint density at radius 3 is 2.25 bits per heavy atom. The van der Waals surface area contributed by atoms with Gasteiger partial charge in [0, 0.05) is 6.42 Å². The number of rotatable bonds is 10. The van der Waals surface area contributed by atoms with Gasteiger partial charge in [-0.05, 0) is 25.7 Å². The van der Waals surface area contributed by atoms with E-state index in [-0.39, 0.29) is 5.78 Å². The summed E-state index contributed by atoms with van der Waals surface area (Å²) < 4.78 is 0. The van der Waals surface area contributed by atoms with E-state index in [0.29, 0.717) is 6.42 Å². The zero-order valence-electron chi connectivity index (χ0n) is 11.3. The second-order valence-electron chi connectivity index (χ2n) is 5.12. The topological polar surface area (TPSA) is 17.1 Å². The van der Waals surface area contributed by atoms with Gasteiger partial charge in [-0.3, -0.25) is 4.79 Å². The maximum Gasteiger partial charge on any atom is 0.133 e. The molecule has 1 nitrogen and oxygen atoms in total. The highest BCUT2D eigenvalue weighted by Gasteiger charge is 1.94. The van der Waals surface area contributed by atoms with Gasteiger partial charge in [0.1, 0.15) is 5.78 Å². The van der Waals surface area contributed by atoms with Crippen molar-refractivity contribution in [3.05, 3.63) is 12.2 Å². The summed E-state index contributed by atoms with van der Waals surface area (Å²) >= 11 is 0. The molecule has 94 valence electrons. The number of ketones is 1. The van der Waals surface area contributed by atoms with E-state index in [1.807, 2.05) is 6.08 Å². The van der Waals surface area contributed by atoms with Crippen LogP contribution < -0.4 is 0 Å². The molecule has 0 aliphatic carbocycles. The van der Waals surface area contributed by atoms with Crippen LogP contribution in [0.2, 0.25) is 0 Å². The molecule has 0 aromatic heterocycles. The second-order valence-corrected chi connectivity index (χ2v) is 5.12. The molecule has 0 aromatic carbocycles. The summed E-state index contributed by atoms with van der Waals surface area (Å²) in [6, 6.07) is 0. The molecule has 16 heavy (non-hydrogen) atoms. The van der Waals surface area contributed by atoms with Crippen LogP contribution in [0.3, 0.4) is 0 Å². The van der Waals surface area contributed by atoms with Crippen LogP contribution in [0, 0.1) is 5.92 Å². The summed E-state index contributed by atoms with van der Waals surface area (Å²) in [5, 5.41) is 0. The summed E-state index contributed by atoms with van der Waals surface area (Å²) in [6.07, 6.45) is 14.0. The smallest absolute Gasteiger partial charge is 0.133 e. The molecular formula is C15H28O. The lowest BCUT2D eigenvalue weighted by molar-refractivity contribution is -0.116. The lowest BCUT2D eigenvalue weighted by Gasteiger charge is -2.03. The summed E-state index contributed by atoms with van der Waals surface area (Å²) in [7, 11) is 0. The van der Waals surface area contributed by atoms with Gasteiger partial charge in [-0.1, -0.05) is 58.1 Å². The normalized spacial score (nSPS) is 11.5.